The third kappa shape index (κ3) is 2.11. The Labute approximate surface area is 72.6 Å². The van der Waals surface area contributed by atoms with Crippen molar-refractivity contribution in [3.05, 3.63) is 18.0 Å². The zero-order valence-electron chi connectivity index (χ0n) is 7.20. The highest BCUT2D eigenvalue weighted by Crippen LogP contribution is 2.11. The van der Waals surface area contributed by atoms with Crippen molar-refractivity contribution in [3.63, 3.8) is 0 Å². The fraction of sp³-hybridized carbons (Fsp3) is 0.444. The molecule has 0 fully saturated rings. The molecule has 3 nitrogen and oxygen atoms in total. The third-order valence-electron chi connectivity index (χ3n) is 1.71. The summed E-state index contributed by atoms with van der Waals surface area (Å²) in [6.07, 6.45) is 8.51. The molecule has 0 saturated heterocycles. The molecule has 1 unspecified atom stereocenters. The van der Waals surface area contributed by atoms with Crippen molar-refractivity contribution in [1.82, 2.24) is 9.78 Å². The van der Waals surface area contributed by atoms with Crippen LogP contribution in [0, 0.1) is 12.3 Å². The summed E-state index contributed by atoms with van der Waals surface area (Å²) in [7, 11) is 1.87. The Morgan fingerprint density at radius 2 is 2.58 bits per heavy atom. The normalized spacial score (nSPS) is 12.4. The molecule has 0 aliphatic heterocycles. The summed E-state index contributed by atoms with van der Waals surface area (Å²) in [6, 6.07) is 1.89. The smallest absolute Gasteiger partial charge is 0.0791 e. The molecule has 0 radical (unpaired) electrons. The molecule has 12 heavy (non-hydrogen) atoms. The molecular formula is C9H13N3. The zero-order chi connectivity index (χ0) is 8.97. The number of nitrogens with zero attached hydrogens (tertiary/aromatic N) is 2. The van der Waals surface area contributed by atoms with E-state index < -0.39 is 0 Å². The van der Waals surface area contributed by atoms with Crippen LogP contribution >= 0.6 is 0 Å². The van der Waals surface area contributed by atoms with Crippen LogP contribution in [0.3, 0.4) is 0 Å². The van der Waals surface area contributed by atoms with E-state index in [4.69, 9.17) is 12.2 Å². The van der Waals surface area contributed by atoms with E-state index in [1.807, 2.05) is 19.3 Å². The Kier molecular flexibility index (Phi) is 2.89. The van der Waals surface area contributed by atoms with Gasteiger partial charge in [-0.2, -0.15) is 5.10 Å². The first-order chi connectivity index (χ1) is 5.74. The molecule has 2 N–H and O–H groups in total. The lowest BCUT2D eigenvalue weighted by Crippen LogP contribution is -2.10. The van der Waals surface area contributed by atoms with Gasteiger partial charge in [-0.15, -0.1) is 12.3 Å². The Morgan fingerprint density at radius 1 is 1.83 bits per heavy atom. The minimum Gasteiger partial charge on any atom is -0.323 e. The average Bonchev–Trinajstić information content (AvgIpc) is 2.47. The summed E-state index contributed by atoms with van der Waals surface area (Å²) in [5, 5.41) is 4.19. The summed E-state index contributed by atoms with van der Waals surface area (Å²) in [6.45, 7) is 0. The SMILES string of the molecule is C#CCCC(N)c1ccn(C)n1. The van der Waals surface area contributed by atoms with Crippen LogP contribution < -0.4 is 5.73 Å². The summed E-state index contributed by atoms with van der Waals surface area (Å²) in [5.74, 6) is 2.56. The second kappa shape index (κ2) is 3.93. The van der Waals surface area contributed by atoms with Gasteiger partial charge in [0.2, 0.25) is 0 Å². The quantitative estimate of drug-likeness (QED) is 0.671. The molecular weight excluding hydrogens is 150 g/mol. The molecule has 0 amide bonds. The van der Waals surface area contributed by atoms with Crippen LogP contribution in [-0.4, -0.2) is 9.78 Å². The van der Waals surface area contributed by atoms with Crippen LogP contribution in [0.2, 0.25) is 0 Å². The first-order valence-corrected chi connectivity index (χ1v) is 3.92. The third-order valence-corrected chi connectivity index (χ3v) is 1.71. The van der Waals surface area contributed by atoms with Gasteiger partial charge < -0.3 is 5.73 Å². The number of aromatic nitrogens is 2. The summed E-state index contributed by atoms with van der Waals surface area (Å²) in [5.41, 5.74) is 6.73. The standard InChI is InChI=1S/C9H13N3/c1-3-4-5-8(10)9-6-7-12(2)11-9/h1,6-8H,4-5,10H2,2H3. The maximum atomic E-state index is 5.82. The van der Waals surface area contributed by atoms with Gasteiger partial charge in [-0.3, -0.25) is 4.68 Å². The molecule has 3 heteroatoms. The van der Waals surface area contributed by atoms with Crippen molar-refractivity contribution in [2.75, 3.05) is 0 Å². The molecule has 0 aromatic carbocycles. The predicted molar refractivity (Wildman–Crippen MR) is 48.2 cm³/mol. The van der Waals surface area contributed by atoms with Gasteiger partial charge in [0, 0.05) is 25.7 Å². The average molecular weight is 163 g/mol. The fourth-order valence-corrected chi connectivity index (χ4v) is 1.02. The van der Waals surface area contributed by atoms with Gasteiger partial charge >= 0.3 is 0 Å². The van der Waals surface area contributed by atoms with Crippen LogP contribution in [0.1, 0.15) is 24.6 Å². The summed E-state index contributed by atoms with van der Waals surface area (Å²) in [4.78, 5) is 0. The van der Waals surface area contributed by atoms with Crippen LogP contribution in [0.5, 0.6) is 0 Å². The molecule has 0 aliphatic carbocycles. The number of aryl methyl sites for hydroxylation is 1. The maximum Gasteiger partial charge on any atom is 0.0791 e. The number of hydrogen-bond donors (Lipinski definition) is 1. The van der Waals surface area contributed by atoms with Gasteiger partial charge in [-0.1, -0.05) is 0 Å². The lowest BCUT2D eigenvalue weighted by Gasteiger charge is -2.04. The Morgan fingerprint density at radius 3 is 3.08 bits per heavy atom. The van der Waals surface area contributed by atoms with Crippen molar-refractivity contribution in [3.8, 4) is 12.3 Å². The van der Waals surface area contributed by atoms with Crippen LogP contribution in [0.15, 0.2) is 12.3 Å². The van der Waals surface area contributed by atoms with Crippen molar-refractivity contribution >= 4 is 0 Å². The second-order valence-electron chi connectivity index (χ2n) is 2.76. The zero-order valence-corrected chi connectivity index (χ0v) is 7.20. The minimum atomic E-state index is -0.0257. The number of nitrogens with two attached hydrogens (primary N) is 1. The van der Waals surface area contributed by atoms with Gasteiger partial charge in [-0.05, 0) is 12.5 Å². The highest BCUT2D eigenvalue weighted by atomic mass is 15.3. The van der Waals surface area contributed by atoms with E-state index >= 15 is 0 Å². The van der Waals surface area contributed by atoms with Gasteiger partial charge in [-0.25, -0.2) is 0 Å². The highest BCUT2D eigenvalue weighted by molar-refractivity contribution is 5.05. The Bertz CT molecular complexity index is 282. The Balaban J connectivity index is 2.54. The van der Waals surface area contributed by atoms with Crippen molar-refractivity contribution in [2.45, 2.75) is 18.9 Å². The fourth-order valence-electron chi connectivity index (χ4n) is 1.02. The van der Waals surface area contributed by atoms with Crippen molar-refractivity contribution in [1.29, 1.82) is 0 Å². The molecule has 64 valence electrons. The van der Waals surface area contributed by atoms with Crippen LogP contribution in [0.25, 0.3) is 0 Å². The summed E-state index contributed by atoms with van der Waals surface area (Å²) >= 11 is 0. The van der Waals surface area contributed by atoms with Crippen molar-refractivity contribution < 1.29 is 0 Å². The van der Waals surface area contributed by atoms with E-state index in [0.717, 1.165) is 12.1 Å². The lowest BCUT2D eigenvalue weighted by molar-refractivity contribution is 0.624. The van der Waals surface area contributed by atoms with E-state index in [0.29, 0.717) is 6.42 Å². The van der Waals surface area contributed by atoms with Crippen LogP contribution in [0.4, 0.5) is 0 Å². The van der Waals surface area contributed by atoms with E-state index in [1.54, 1.807) is 4.68 Å². The van der Waals surface area contributed by atoms with Gasteiger partial charge in [0.25, 0.3) is 0 Å². The molecule has 0 aliphatic rings. The maximum absolute atomic E-state index is 5.82. The van der Waals surface area contributed by atoms with Gasteiger partial charge in [0.15, 0.2) is 0 Å². The van der Waals surface area contributed by atoms with E-state index in [-0.39, 0.29) is 6.04 Å². The molecule has 1 aromatic heterocycles. The minimum absolute atomic E-state index is 0.0257. The first-order valence-electron chi connectivity index (χ1n) is 3.92. The predicted octanol–water partition coefficient (Wildman–Crippen LogP) is 0.833. The first kappa shape index (κ1) is 8.82. The van der Waals surface area contributed by atoms with Crippen LogP contribution in [-0.2, 0) is 7.05 Å². The monoisotopic (exact) mass is 163 g/mol. The largest absolute Gasteiger partial charge is 0.323 e. The second-order valence-corrected chi connectivity index (χ2v) is 2.76. The molecule has 0 bridgehead atoms. The molecule has 0 saturated carbocycles. The molecule has 1 aromatic rings. The van der Waals surface area contributed by atoms with E-state index in [9.17, 15) is 0 Å². The highest BCUT2D eigenvalue weighted by Gasteiger charge is 2.06. The number of rotatable bonds is 3. The topological polar surface area (TPSA) is 43.8 Å². The van der Waals surface area contributed by atoms with E-state index in [2.05, 4.69) is 11.0 Å². The molecule has 1 heterocycles. The van der Waals surface area contributed by atoms with Gasteiger partial charge in [0.05, 0.1) is 5.69 Å². The molecule has 1 atom stereocenters. The number of hydrogen-bond acceptors (Lipinski definition) is 2. The lowest BCUT2D eigenvalue weighted by atomic mass is 10.1. The van der Waals surface area contributed by atoms with Crippen molar-refractivity contribution in [2.24, 2.45) is 12.8 Å². The summed E-state index contributed by atoms with van der Waals surface area (Å²) < 4.78 is 1.74. The number of terminal acetylenes is 1. The molecule has 1 rings (SSSR count). The Hall–Kier alpha value is -1.27. The van der Waals surface area contributed by atoms with E-state index in [1.165, 1.54) is 0 Å². The van der Waals surface area contributed by atoms with Gasteiger partial charge in [0.1, 0.15) is 0 Å². The molecule has 0 spiro atoms.